The molecule has 3 N–H and O–H groups in total. The van der Waals surface area contributed by atoms with Gasteiger partial charge >= 0.3 is 0 Å². The van der Waals surface area contributed by atoms with Crippen LogP contribution in [0.2, 0.25) is 0 Å². The zero-order valence-electron chi connectivity index (χ0n) is 8.40. The normalized spacial score (nSPS) is 16.4. The van der Waals surface area contributed by atoms with E-state index in [4.69, 9.17) is 10.5 Å². The lowest BCUT2D eigenvalue weighted by Crippen LogP contribution is -2.45. The predicted molar refractivity (Wildman–Crippen MR) is 50.5 cm³/mol. The molecular weight excluding hydrogens is 202 g/mol. The van der Waals surface area contributed by atoms with Gasteiger partial charge in [0.15, 0.2) is 0 Å². The number of carbonyl (C=O) groups is 2. The fourth-order valence-electron chi connectivity index (χ4n) is 1.16. The summed E-state index contributed by atoms with van der Waals surface area (Å²) in [5.41, 5.74) is 7.22. The minimum atomic E-state index is -0.582. The van der Waals surface area contributed by atoms with Crippen LogP contribution in [0.25, 0.3) is 0 Å². The van der Waals surface area contributed by atoms with E-state index in [0.29, 0.717) is 26.3 Å². The average Bonchev–Trinajstić information content (AvgIpc) is 2.25. The number of carbonyl (C=O) groups excluding carboxylic acids is 2. The molecule has 0 aromatic rings. The molecule has 15 heavy (non-hydrogen) atoms. The Balaban J connectivity index is 2.09. The summed E-state index contributed by atoms with van der Waals surface area (Å²) in [6.07, 6.45) is 0. The van der Waals surface area contributed by atoms with Crippen molar-refractivity contribution in [2.75, 3.05) is 39.5 Å². The SMILES string of the molecule is NC(=O)CONCC(=O)N1CCOCC1. The van der Waals surface area contributed by atoms with Gasteiger partial charge in [0.05, 0.1) is 13.2 Å². The Bertz CT molecular complexity index is 228. The molecule has 0 unspecified atom stereocenters. The maximum atomic E-state index is 11.5. The largest absolute Gasteiger partial charge is 0.378 e. The predicted octanol–water partition coefficient (Wildman–Crippen LogP) is -2.15. The van der Waals surface area contributed by atoms with Gasteiger partial charge in [-0.25, -0.2) is 0 Å². The van der Waals surface area contributed by atoms with Gasteiger partial charge in [-0.1, -0.05) is 0 Å². The molecule has 7 heteroatoms. The Morgan fingerprint density at radius 1 is 1.40 bits per heavy atom. The molecule has 1 aliphatic rings. The fraction of sp³-hybridized carbons (Fsp3) is 0.750. The molecule has 2 amide bonds. The zero-order chi connectivity index (χ0) is 11.1. The second-order valence-corrected chi connectivity index (χ2v) is 3.07. The lowest BCUT2D eigenvalue weighted by atomic mass is 10.4. The third-order valence-electron chi connectivity index (χ3n) is 1.90. The first-order valence-corrected chi connectivity index (χ1v) is 4.68. The van der Waals surface area contributed by atoms with Gasteiger partial charge in [-0.05, 0) is 0 Å². The number of amides is 2. The number of hydroxylamine groups is 1. The number of morpholine rings is 1. The minimum Gasteiger partial charge on any atom is -0.378 e. The Labute approximate surface area is 87.4 Å². The number of nitrogens with zero attached hydrogens (tertiary/aromatic N) is 1. The summed E-state index contributed by atoms with van der Waals surface area (Å²) < 4.78 is 5.10. The van der Waals surface area contributed by atoms with E-state index >= 15 is 0 Å². The standard InChI is InChI=1S/C8H15N3O4/c9-7(12)6-15-10-5-8(13)11-1-3-14-4-2-11/h10H,1-6H2,(H2,9,12). The van der Waals surface area contributed by atoms with Crippen LogP contribution in [0.3, 0.4) is 0 Å². The van der Waals surface area contributed by atoms with Crippen molar-refractivity contribution in [1.29, 1.82) is 0 Å². The molecule has 0 spiro atoms. The maximum absolute atomic E-state index is 11.5. The average molecular weight is 217 g/mol. The second-order valence-electron chi connectivity index (χ2n) is 3.07. The zero-order valence-corrected chi connectivity index (χ0v) is 8.40. The van der Waals surface area contributed by atoms with E-state index in [2.05, 4.69) is 10.3 Å². The van der Waals surface area contributed by atoms with Crippen molar-refractivity contribution in [2.45, 2.75) is 0 Å². The van der Waals surface area contributed by atoms with Crippen molar-refractivity contribution in [1.82, 2.24) is 10.4 Å². The molecule has 7 nitrogen and oxygen atoms in total. The summed E-state index contributed by atoms with van der Waals surface area (Å²) in [6, 6.07) is 0. The van der Waals surface area contributed by atoms with Crippen LogP contribution in [0.1, 0.15) is 0 Å². The van der Waals surface area contributed by atoms with E-state index in [1.54, 1.807) is 4.90 Å². The molecule has 0 atom stereocenters. The van der Waals surface area contributed by atoms with Gasteiger partial charge in [0.25, 0.3) is 0 Å². The maximum Gasteiger partial charge on any atom is 0.245 e. The van der Waals surface area contributed by atoms with Crippen LogP contribution in [0.5, 0.6) is 0 Å². The highest BCUT2D eigenvalue weighted by atomic mass is 16.6. The quantitative estimate of drug-likeness (QED) is 0.404. The van der Waals surface area contributed by atoms with Crippen LogP contribution in [0, 0.1) is 0 Å². The lowest BCUT2D eigenvalue weighted by Gasteiger charge is -2.26. The van der Waals surface area contributed by atoms with E-state index in [1.165, 1.54) is 0 Å². The first-order valence-electron chi connectivity index (χ1n) is 4.68. The molecule has 0 radical (unpaired) electrons. The Kier molecular flexibility index (Phi) is 5.02. The first kappa shape index (κ1) is 11.9. The number of nitrogens with one attached hydrogen (secondary N) is 1. The number of hydrogen-bond donors (Lipinski definition) is 2. The molecule has 0 aliphatic carbocycles. The van der Waals surface area contributed by atoms with Crippen LogP contribution >= 0.6 is 0 Å². The van der Waals surface area contributed by atoms with Gasteiger partial charge in [0.2, 0.25) is 11.8 Å². The monoisotopic (exact) mass is 217 g/mol. The van der Waals surface area contributed by atoms with E-state index in [9.17, 15) is 9.59 Å². The molecule has 86 valence electrons. The van der Waals surface area contributed by atoms with Crippen LogP contribution in [-0.4, -0.2) is 56.2 Å². The van der Waals surface area contributed by atoms with Crippen LogP contribution in [0.4, 0.5) is 0 Å². The first-order chi connectivity index (χ1) is 7.20. The number of nitrogens with two attached hydrogens (primary N) is 1. The molecule has 1 fully saturated rings. The number of primary amides is 1. The molecule has 0 aromatic heterocycles. The molecule has 1 heterocycles. The van der Waals surface area contributed by atoms with Gasteiger partial charge in [-0.2, -0.15) is 5.48 Å². The van der Waals surface area contributed by atoms with E-state index in [-0.39, 0.29) is 19.1 Å². The molecule has 1 aliphatic heterocycles. The van der Waals surface area contributed by atoms with Gasteiger partial charge in [-0.3, -0.25) is 14.4 Å². The summed E-state index contributed by atoms with van der Waals surface area (Å²) in [5.74, 6) is -0.663. The van der Waals surface area contributed by atoms with Gasteiger partial charge in [0, 0.05) is 13.1 Å². The van der Waals surface area contributed by atoms with Gasteiger partial charge in [-0.15, -0.1) is 0 Å². The number of rotatable bonds is 5. The molecule has 1 saturated heterocycles. The summed E-state index contributed by atoms with van der Waals surface area (Å²) in [7, 11) is 0. The Morgan fingerprint density at radius 2 is 2.07 bits per heavy atom. The summed E-state index contributed by atoms with van der Waals surface area (Å²) in [4.78, 5) is 28.1. The Morgan fingerprint density at radius 3 is 2.67 bits per heavy atom. The highest BCUT2D eigenvalue weighted by Gasteiger charge is 2.16. The number of ether oxygens (including phenoxy) is 1. The minimum absolute atomic E-state index is 0.0350. The third kappa shape index (κ3) is 4.73. The highest BCUT2D eigenvalue weighted by Crippen LogP contribution is 1.96. The van der Waals surface area contributed by atoms with Gasteiger partial charge < -0.3 is 15.4 Å². The van der Waals surface area contributed by atoms with E-state index in [1.807, 2.05) is 0 Å². The summed E-state index contributed by atoms with van der Waals surface area (Å²) in [6.45, 7) is 2.11. The molecule has 0 saturated carbocycles. The van der Waals surface area contributed by atoms with Crippen molar-refractivity contribution >= 4 is 11.8 Å². The topological polar surface area (TPSA) is 93.9 Å². The van der Waals surface area contributed by atoms with Crippen molar-refractivity contribution in [2.24, 2.45) is 5.73 Å². The van der Waals surface area contributed by atoms with E-state index in [0.717, 1.165) is 0 Å². The van der Waals surface area contributed by atoms with Crippen molar-refractivity contribution in [3.8, 4) is 0 Å². The third-order valence-corrected chi connectivity index (χ3v) is 1.90. The second kappa shape index (κ2) is 6.33. The Hall–Kier alpha value is -1.18. The van der Waals surface area contributed by atoms with Crippen LogP contribution in [0.15, 0.2) is 0 Å². The lowest BCUT2D eigenvalue weighted by molar-refractivity contribution is -0.138. The summed E-state index contributed by atoms with van der Waals surface area (Å²) in [5, 5.41) is 0. The summed E-state index contributed by atoms with van der Waals surface area (Å²) >= 11 is 0. The van der Waals surface area contributed by atoms with Crippen molar-refractivity contribution < 1.29 is 19.2 Å². The van der Waals surface area contributed by atoms with Gasteiger partial charge in [0.1, 0.15) is 13.2 Å². The molecular formula is C8H15N3O4. The van der Waals surface area contributed by atoms with Crippen molar-refractivity contribution in [3.05, 3.63) is 0 Å². The molecule has 0 bridgehead atoms. The number of hydrogen-bond acceptors (Lipinski definition) is 5. The van der Waals surface area contributed by atoms with Crippen LogP contribution < -0.4 is 11.2 Å². The highest BCUT2D eigenvalue weighted by molar-refractivity contribution is 5.78. The fourth-order valence-corrected chi connectivity index (χ4v) is 1.16. The van der Waals surface area contributed by atoms with Crippen LogP contribution in [-0.2, 0) is 19.2 Å². The molecule has 1 rings (SSSR count). The van der Waals surface area contributed by atoms with Crippen molar-refractivity contribution in [3.63, 3.8) is 0 Å². The van der Waals surface area contributed by atoms with E-state index < -0.39 is 5.91 Å². The smallest absolute Gasteiger partial charge is 0.245 e. The molecule has 0 aromatic carbocycles.